The number of rotatable bonds is 7. The monoisotopic (exact) mass is 281 g/mol. The largest absolute Gasteiger partial charge is 0.395 e. The van der Waals surface area contributed by atoms with E-state index in [0.717, 1.165) is 0 Å². The van der Waals surface area contributed by atoms with Crippen molar-refractivity contribution in [3.05, 3.63) is 0 Å². The zero-order valence-corrected chi connectivity index (χ0v) is 12.0. The molecule has 0 aromatic rings. The van der Waals surface area contributed by atoms with Gasteiger partial charge in [0.15, 0.2) is 0 Å². The van der Waals surface area contributed by atoms with Gasteiger partial charge < -0.3 is 14.6 Å². The van der Waals surface area contributed by atoms with E-state index in [1.807, 2.05) is 13.8 Å². The van der Waals surface area contributed by atoms with E-state index in [9.17, 15) is 13.5 Å². The molecule has 108 valence electrons. The molecule has 0 aromatic heterocycles. The van der Waals surface area contributed by atoms with Crippen LogP contribution in [0.2, 0.25) is 0 Å². The highest BCUT2D eigenvalue weighted by Gasteiger charge is 2.38. The third-order valence-electron chi connectivity index (χ3n) is 3.02. The van der Waals surface area contributed by atoms with Gasteiger partial charge in [-0.15, -0.1) is 0 Å². The Morgan fingerprint density at radius 1 is 1.44 bits per heavy atom. The van der Waals surface area contributed by atoms with Crippen LogP contribution in [0.25, 0.3) is 0 Å². The van der Waals surface area contributed by atoms with Crippen LogP contribution in [0.3, 0.4) is 0 Å². The topological polar surface area (TPSA) is 76.1 Å². The van der Waals surface area contributed by atoms with E-state index >= 15 is 0 Å². The van der Waals surface area contributed by atoms with Gasteiger partial charge in [0.25, 0.3) is 0 Å². The van der Waals surface area contributed by atoms with Crippen LogP contribution in [0.5, 0.6) is 0 Å². The SMILES string of the molecule is CO[C@@H]1C[C@@H](CO)N(S(=O)(=O)CCOC(C)C)C1. The van der Waals surface area contributed by atoms with Crippen molar-refractivity contribution in [3.63, 3.8) is 0 Å². The predicted octanol–water partition coefficient (Wildman–Crippen LogP) is -0.177. The summed E-state index contributed by atoms with van der Waals surface area (Å²) in [6, 6.07) is -0.376. The smallest absolute Gasteiger partial charge is 0.216 e. The molecule has 1 fully saturated rings. The number of sulfonamides is 1. The lowest BCUT2D eigenvalue weighted by Crippen LogP contribution is -2.40. The highest BCUT2D eigenvalue weighted by Crippen LogP contribution is 2.23. The molecule has 1 aliphatic heterocycles. The molecule has 1 saturated heterocycles. The fraction of sp³-hybridized carbons (Fsp3) is 1.00. The van der Waals surface area contributed by atoms with Gasteiger partial charge in [-0.25, -0.2) is 8.42 Å². The van der Waals surface area contributed by atoms with Gasteiger partial charge in [0, 0.05) is 13.7 Å². The van der Waals surface area contributed by atoms with E-state index in [1.165, 1.54) is 4.31 Å². The lowest BCUT2D eigenvalue weighted by Gasteiger charge is -2.22. The highest BCUT2D eigenvalue weighted by molar-refractivity contribution is 7.89. The number of hydrogen-bond donors (Lipinski definition) is 1. The first kappa shape index (κ1) is 15.8. The van der Waals surface area contributed by atoms with Gasteiger partial charge in [0.2, 0.25) is 10.0 Å². The number of hydrogen-bond acceptors (Lipinski definition) is 5. The molecule has 1 rings (SSSR count). The average molecular weight is 281 g/mol. The molecule has 7 heteroatoms. The second-order valence-electron chi connectivity index (χ2n) is 4.74. The van der Waals surface area contributed by atoms with Crippen LogP contribution < -0.4 is 0 Å². The molecule has 0 aliphatic carbocycles. The molecule has 2 atom stereocenters. The van der Waals surface area contributed by atoms with Gasteiger partial charge in [0.1, 0.15) is 0 Å². The van der Waals surface area contributed by atoms with Gasteiger partial charge in [-0.3, -0.25) is 0 Å². The second kappa shape index (κ2) is 6.81. The summed E-state index contributed by atoms with van der Waals surface area (Å²) in [5.74, 6) is -0.0574. The van der Waals surface area contributed by atoms with Crippen molar-refractivity contribution in [3.8, 4) is 0 Å². The van der Waals surface area contributed by atoms with Gasteiger partial charge >= 0.3 is 0 Å². The van der Waals surface area contributed by atoms with Crippen LogP contribution in [0, 0.1) is 0 Å². The van der Waals surface area contributed by atoms with Crippen molar-refractivity contribution >= 4 is 10.0 Å². The lowest BCUT2D eigenvalue weighted by atomic mass is 10.2. The minimum Gasteiger partial charge on any atom is -0.395 e. The molecular weight excluding hydrogens is 258 g/mol. The molecule has 0 spiro atoms. The molecule has 0 bridgehead atoms. The fourth-order valence-corrected chi connectivity index (χ4v) is 3.57. The average Bonchev–Trinajstić information content (AvgIpc) is 2.72. The summed E-state index contributed by atoms with van der Waals surface area (Å²) >= 11 is 0. The van der Waals surface area contributed by atoms with Crippen LogP contribution >= 0.6 is 0 Å². The fourth-order valence-electron chi connectivity index (χ4n) is 2.03. The third-order valence-corrected chi connectivity index (χ3v) is 4.86. The lowest BCUT2D eigenvalue weighted by molar-refractivity contribution is 0.0902. The quantitative estimate of drug-likeness (QED) is 0.701. The summed E-state index contributed by atoms with van der Waals surface area (Å²) in [5, 5.41) is 9.23. The van der Waals surface area contributed by atoms with E-state index in [4.69, 9.17) is 9.47 Å². The summed E-state index contributed by atoms with van der Waals surface area (Å²) in [6.45, 7) is 4.03. The maximum Gasteiger partial charge on any atom is 0.216 e. The van der Waals surface area contributed by atoms with Gasteiger partial charge in [-0.05, 0) is 20.3 Å². The molecule has 6 nitrogen and oxygen atoms in total. The van der Waals surface area contributed by atoms with E-state index < -0.39 is 10.0 Å². The Balaban J connectivity index is 2.60. The first-order chi connectivity index (χ1) is 8.40. The number of ether oxygens (including phenoxy) is 2. The van der Waals surface area contributed by atoms with E-state index in [-0.39, 0.29) is 37.2 Å². The van der Waals surface area contributed by atoms with Crippen molar-refractivity contribution in [2.24, 2.45) is 0 Å². The van der Waals surface area contributed by atoms with Crippen molar-refractivity contribution in [1.82, 2.24) is 4.31 Å². The number of nitrogens with zero attached hydrogens (tertiary/aromatic N) is 1. The summed E-state index contributed by atoms with van der Waals surface area (Å²) in [7, 11) is -1.84. The van der Waals surface area contributed by atoms with Crippen LogP contribution in [-0.2, 0) is 19.5 Å². The van der Waals surface area contributed by atoms with Crippen LogP contribution in [0.4, 0.5) is 0 Å². The van der Waals surface area contributed by atoms with E-state index in [2.05, 4.69) is 0 Å². The molecule has 1 N–H and O–H groups in total. The second-order valence-corrected chi connectivity index (χ2v) is 6.78. The van der Waals surface area contributed by atoms with E-state index in [0.29, 0.717) is 13.0 Å². The first-order valence-electron chi connectivity index (χ1n) is 6.15. The highest BCUT2D eigenvalue weighted by atomic mass is 32.2. The minimum atomic E-state index is -3.39. The molecule has 0 unspecified atom stereocenters. The predicted molar refractivity (Wildman–Crippen MR) is 67.9 cm³/mol. The third kappa shape index (κ3) is 4.17. The normalized spacial score (nSPS) is 26.1. The van der Waals surface area contributed by atoms with E-state index in [1.54, 1.807) is 7.11 Å². The molecule has 0 aromatic carbocycles. The zero-order chi connectivity index (χ0) is 13.8. The number of aliphatic hydroxyl groups excluding tert-OH is 1. The number of aliphatic hydroxyl groups is 1. The van der Waals surface area contributed by atoms with Crippen molar-refractivity contribution < 1.29 is 23.0 Å². The Morgan fingerprint density at radius 2 is 2.11 bits per heavy atom. The maximum absolute atomic E-state index is 12.1. The van der Waals surface area contributed by atoms with Crippen molar-refractivity contribution in [2.75, 3.05) is 32.6 Å². The molecule has 0 saturated carbocycles. The van der Waals surface area contributed by atoms with Gasteiger partial charge in [-0.1, -0.05) is 0 Å². The van der Waals surface area contributed by atoms with Crippen LogP contribution in [-0.4, -0.2) is 68.7 Å². The van der Waals surface area contributed by atoms with Crippen LogP contribution in [0.15, 0.2) is 0 Å². The zero-order valence-electron chi connectivity index (χ0n) is 11.2. The van der Waals surface area contributed by atoms with Crippen molar-refractivity contribution in [1.29, 1.82) is 0 Å². The Bertz CT molecular complexity index is 343. The van der Waals surface area contributed by atoms with Gasteiger partial charge in [-0.2, -0.15) is 4.31 Å². The summed E-state index contributed by atoms with van der Waals surface area (Å²) in [5.41, 5.74) is 0. The standard InChI is InChI=1S/C11H23NO5S/c1-9(2)17-4-5-18(14,15)12-7-11(16-3)6-10(12)8-13/h9-11,13H,4-8H2,1-3H3/t10-,11+/m0/s1. The summed E-state index contributed by atoms with van der Waals surface area (Å²) in [6.07, 6.45) is 0.416. The Labute approximate surface area is 109 Å². The molecule has 18 heavy (non-hydrogen) atoms. The molecular formula is C11H23NO5S. The minimum absolute atomic E-state index is 0.0131. The molecule has 1 aliphatic rings. The van der Waals surface area contributed by atoms with Crippen LogP contribution in [0.1, 0.15) is 20.3 Å². The number of methoxy groups -OCH3 is 1. The molecule has 0 radical (unpaired) electrons. The summed E-state index contributed by atoms with van der Waals surface area (Å²) < 4.78 is 36.0. The van der Waals surface area contributed by atoms with Gasteiger partial charge in [0.05, 0.1) is 37.2 Å². The van der Waals surface area contributed by atoms with Crippen molar-refractivity contribution in [2.45, 2.75) is 38.5 Å². The Kier molecular flexibility index (Phi) is 6.00. The first-order valence-corrected chi connectivity index (χ1v) is 7.76. The molecule has 0 amide bonds. The molecule has 1 heterocycles. The Hall–Kier alpha value is -0.210. The Morgan fingerprint density at radius 3 is 2.61 bits per heavy atom. The summed E-state index contributed by atoms with van der Waals surface area (Å²) in [4.78, 5) is 0. The maximum atomic E-state index is 12.1.